The highest BCUT2D eigenvalue weighted by Crippen LogP contribution is 2.27. The number of aryl methyl sites for hydroxylation is 2. The summed E-state index contributed by atoms with van der Waals surface area (Å²) in [5.74, 6) is 0. The van der Waals surface area contributed by atoms with Gasteiger partial charge in [-0.3, -0.25) is 0 Å². The quantitative estimate of drug-likeness (QED) is 0.879. The molecule has 0 fully saturated rings. The van der Waals surface area contributed by atoms with Crippen LogP contribution in [0.25, 0.3) is 0 Å². The highest BCUT2D eigenvalue weighted by Gasteiger charge is 2.23. The summed E-state index contributed by atoms with van der Waals surface area (Å²) in [4.78, 5) is 0. The van der Waals surface area contributed by atoms with Crippen molar-refractivity contribution in [3.05, 3.63) is 69.7 Å². The Bertz CT molecular complexity index is 567. The second-order valence-corrected chi connectivity index (χ2v) is 5.89. The summed E-state index contributed by atoms with van der Waals surface area (Å²) in [7, 11) is 0. The molecule has 0 aliphatic rings. The predicted molar refractivity (Wildman–Crippen MR) is 80.6 cm³/mol. The molecule has 0 aromatic heterocycles. The summed E-state index contributed by atoms with van der Waals surface area (Å²) in [6.07, 6.45) is 0.579. The zero-order chi connectivity index (χ0) is 14.0. The number of rotatable bonds is 3. The SMILES string of the molecule is Cc1cc(C)cc(CC(C)(O)c2cccc(Cl)c2)c1. The molecule has 2 heteroatoms. The van der Waals surface area contributed by atoms with E-state index in [1.807, 2.05) is 31.2 Å². The van der Waals surface area contributed by atoms with Crippen molar-refractivity contribution in [2.45, 2.75) is 32.8 Å². The van der Waals surface area contributed by atoms with Crippen LogP contribution < -0.4 is 0 Å². The summed E-state index contributed by atoms with van der Waals surface area (Å²) >= 11 is 5.99. The largest absolute Gasteiger partial charge is 0.385 e. The topological polar surface area (TPSA) is 20.2 Å². The zero-order valence-corrected chi connectivity index (χ0v) is 12.3. The third kappa shape index (κ3) is 3.59. The molecule has 2 rings (SSSR count). The van der Waals surface area contributed by atoms with Gasteiger partial charge in [0, 0.05) is 11.4 Å². The molecular weight excluding hydrogens is 256 g/mol. The van der Waals surface area contributed by atoms with Crippen LogP contribution >= 0.6 is 11.6 Å². The molecule has 0 radical (unpaired) electrons. The summed E-state index contributed by atoms with van der Waals surface area (Å²) < 4.78 is 0. The first-order chi connectivity index (χ1) is 8.87. The van der Waals surface area contributed by atoms with Gasteiger partial charge in [0.25, 0.3) is 0 Å². The molecule has 0 spiro atoms. The zero-order valence-electron chi connectivity index (χ0n) is 11.6. The fraction of sp³-hybridized carbons (Fsp3) is 0.294. The van der Waals surface area contributed by atoms with Crippen molar-refractivity contribution in [1.82, 2.24) is 0 Å². The molecule has 0 saturated heterocycles. The summed E-state index contributed by atoms with van der Waals surface area (Å²) in [5.41, 5.74) is 3.51. The maximum Gasteiger partial charge on any atom is 0.0909 e. The van der Waals surface area contributed by atoms with Gasteiger partial charge in [0.1, 0.15) is 0 Å². The number of halogens is 1. The number of aliphatic hydroxyl groups is 1. The average Bonchev–Trinajstić information content (AvgIpc) is 2.26. The Morgan fingerprint density at radius 3 is 2.26 bits per heavy atom. The molecule has 2 aromatic carbocycles. The van der Waals surface area contributed by atoms with Crippen molar-refractivity contribution in [1.29, 1.82) is 0 Å². The minimum Gasteiger partial charge on any atom is -0.385 e. The van der Waals surface area contributed by atoms with Gasteiger partial charge in [-0.2, -0.15) is 0 Å². The molecule has 1 atom stereocenters. The van der Waals surface area contributed by atoms with Crippen LogP contribution in [0.4, 0.5) is 0 Å². The van der Waals surface area contributed by atoms with E-state index in [4.69, 9.17) is 11.6 Å². The van der Waals surface area contributed by atoms with Crippen LogP contribution in [0, 0.1) is 13.8 Å². The van der Waals surface area contributed by atoms with Crippen LogP contribution in [0.3, 0.4) is 0 Å². The van der Waals surface area contributed by atoms with Crippen molar-refractivity contribution >= 4 is 11.6 Å². The fourth-order valence-electron chi connectivity index (χ4n) is 2.49. The lowest BCUT2D eigenvalue weighted by molar-refractivity contribution is 0.0576. The predicted octanol–water partition coefficient (Wildman–Crippen LogP) is 4.41. The Balaban J connectivity index is 2.30. The van der Waals surface area contributed by atoms with Gasteiger partial charge in [-0.15, -0.1) is 0 Å². The van der Waals surface area contributed by atoms with Crippen LogP contribution in [-0.2, 0) is 12.0 Å². The molecule has 1 N–H and O–H groups in total. The first-order valence-corrected chi connectivity index (χ1v) is 6.80. The first kappa shape index (κ1) is 14.1. The Kier molecular flexibility index (Phi) is 3.98. The maximum absolute atomic E-state index is 10.7. The van der Waals surface area contributed by atoms with Crippen LogP contribution in [-0.4, -0.2) is 5.11 Å². The van der Waals surface area contributed by atoms with E-state index in [1.54, 1.807) is 0 Å². The molecule has 0 aliphatic heterocycles. The second-order valence-electron chi connectivity index (χ2n) is 5.46. The van der Waals surface area contributed by atoms with Gasteiger partial charge >= 0.3 is 0 Å². The van der Waals surface area contributed by atoms with Crippen LogP contribution in [0.1, 0.15) is 29.2 Å². The summed E-state index contributed by atoms with van der Waals surface area (Å²) in [5, 5.41) is 11.3. The highest BCUT2D eigenvalue weighted by molar-refractivity contribution is 6.30. The molecule has 0 heterocycles. The fourth-order valence-corrected chi connectivity index (χ4v) is 2.68. The average molecular weight is 275 g/mol. The first-order valence-electron chi connectivity index (χ1n) is 6.42. The lowest BCUT2D eigenvalue weighted by atomic mass is 9.88. The minimum absolute atomic E-state index is 0.579. The van der Waals surface area contributed by atoms with Crippen molar-refractivity contribution in [3.63, 3.8) is 0 Å². The lowest BCUT2D eigenvalue weighted by Crippen LogP contribution is -2.24. The number of hydrogen-bond acceptors (Lipinski definition) is 1. The molecule has 0 aliphatic carbocycles. The van der Waals surface area contributed by atoms with Gasteiger partial charge < -0.3 is 5.11 Å². The highest BCUT2D eigenvalue weighted by atomic mass is 35.5. The number of benzene rings is 2. The standard InChI is InChI=1S/C17H19ClO/c1-12-7-13(2)9-14(8-12)11-17(3,19)15-5-4-6-16(18)10-15/h4-10,19H,11H2,1-3H3. The molecule has 1 nitrogen and oxygen atoms in total. The smallest absolute Gasteiger partial charge is 0.0909 e. The monoisotopic (exact) mass is 274 g/mol. The van der Waals surface area contributed by atoms with Gasteiger partial charge in [-0.1, -0.05) is 53.1 Å². The van der Waals surface area contributed by atoms with Gasteiger partial charge in [-0.05, 0) is 44.0 Å². The lowest BCUT2D eigenvalue weighted by Gasteiger charge is -2.24. The van der Waals surface area contributed by atoms with E-state index in [9.17, 15) is 5.11 Å². The number of hydrogen-bond donors (Lipinski definition) is 1. The molecule has 100 valence electrons. The van der Waals surface area contributed by atoms with Crippen LogP contribution in [0.2, 0.25) is 5.02 Å². The van der Waals surface area contributed by atoms with E-state index in [1.165, 1.54) is 11.1 Å². The van der Waals surface area contributed by atoms with E-state index < -0.39 is 5.60 Å². The van der Waals surface area contributed by atoms with Crippen LogP contribution in [0.5, 0.6) is 0 Å². The van der Waals surface area contributed by atoms with E-state index in [0.29, 0.717) is 11.4 Å². The van der Waals surface area contributed by atoms with Gasteiger partial charge in [0.2, 0.25) is 0 Å². The van der Waals surface area contributed by atoms with E-state index in [0.717, 1.165) is 11.1 Å². The molecule has 2 aromatic rings. The van der Waals surface area contributed by atoms with Crippen molar-refractivity contribution in [2.75, 3.05) is 0 Å². The summed E-state index contributed by atoms with van der Waals surface area (Å²) in [6.45, 7) is 5.98. The summed E-state index contributed by atoms with van der Waals surface area (Å²) in [6, 6.07) is 13.8. The van der Waals surface area contributed by atoms with E-state index in [-0.39, 0.29) is 0 Å². The Hall–Kier alpha value is -1.31. The van der Waals surface area contributed by atoms with Crippen molar-refractivity contribution in [3.8, 4) is 0 Å². The van der Waals surface area contributed by atoms with Crippen molar-refractivity contribution in [2.24, 2.45) is 0 Å². The molecule has 0 bridgehead atoms. The van der Waals surface area contributed by atoms with Gasteiger partial charge in [-0.25, -0.2) is 0 Å². The minimum atomic E-state index is -0.912. The molecular formula is C17H19ClO. The molecule has 0 amide bonds. The third-order valence-electron chi connectivity index (χ3n) is 3.28. The normalized spacial score (nSPS) is 14.2. The Morgan fingerprint density at radius 2 is 1.68 bits per heavy atom. The third-order valence-corrected chi connectivity index (χ3v) is 3.51. The van der Waals surface area contributed by atoms with Gasteiger partial charge in [0.15, 0.2) is 0 Å². The van der Waals surface area contributed by atoms with Gasteiger partial charge in [0.05, 0.1) is 5.60 Å². The Morgan fingerprint density at radius 1 is 1.05 bits per heavy atom. The molecule has 1 unspecified atom stereocenters. The molecule has 0 saturated carbocycles. The van der Waals surface area contributed by atoms with E-state index in [2.05, 4.69) is 32.0 Å². The molecule has 19 heavy (non-hydrogen) atoms. The maximum atomic E-state index is 10.7. The van der Waals surface area contributed by atoms with Crippen molar-refractivity contribution < 1.29 is 5.11 Å². The van der Waals surface area contributed by atoms with Crippen LogP contribution in [0.15, 0.2) is 42.5 Å². The van der Waals surface area contributed by atoms with E-state index >= 15 is 0 Å². The second kappa shape index (κ2) is 5.36. The Labute approximate surface area is 119 Å².